The van der Waals surface area contributed by atoms with Crippen molar-refractivity contribution in [3.05, 3.63) is 58.6 Å². The normalized spacial score (nSPS) is 16.6. The summed E-state index contributed by atoms with van der Waals surface area (Å²) in [6.45, 7) is 0.458. The van der Waals surface area contributed by atoms with E-state index in [1.54, 1.807) is 36.4 Å². The van der Waals surface area contributed by atoms with Crippen molar-refractivity contribution in [3.8, 4) is 0 Å². The van der Waals surface area contributed by atoms with Crippen LogP contribution in [0.15, 0.2) is 53.0 Å². The molecule has 2 aromatic rings. The first-order chi connectivity index (χ1) is 11.5. The SMILES string of the molecule is O=C(Nc1ccc(Br)cc1)c1cccc(N2CCCCS2(=O)=O)c1. The quantitative estimate of drug-likeness (QED) is 0.842. The van der Waals surface area contributed by atoms with E-state index in [0.717, 1.165) is 10.9 Å². The van der Waals surface area contributed by atoms with Crippen LogP contribution in [0.4, 0.5) is 11.4 Å². The van der Waals surface area contributed by atoms with Crippen molar-refractivity contribution in [2.75, 3.05) is 21.9 Å². The number of benzene rings is 2. The Balaban J connectivity index is 1.82. The summed E-state index contributed by atoms with van der Waals surface area (Å²) in [7, 11) is -3.29. The third-order valence-corrected chi connectivity index (χ3v) is 6.25. The van der Waals surface area contributed by atoms with Gasteiger partial charge >= 0.3 is 0 Å². The summed E-state index contributed by atoms with van der Waals surface area (Å²) in [6, 6.07) is 14.0. The van der Waals surface area contributed by atoms with Crippen molar-refractivity contribution in [1.29, 1.82) is 0 Å². The van der Waals surface area contributed by atoms with Crippen LogP contribution in [0.3, 0.4) is 0 Å². The predicted molar refractivity (Wildman–Crippen MR) is 98.9 cm³/mol. The lowest BCUT2D eigenvalue weighted by molar-refractivity contribution is 0.102. The minimum atomic E-state index is -3.29. The van der Waals surface area contributed by atoms with E-state index in [-0.39, 0.29) is 11.7 Å². The van der Waals surface area contributed by atoms with Crippen LogP contribution in [0, 0.1) is 0 Å². The average Bonchev–Trinajstić information content (AvgIpc) is 2.56. The van der Waals surface area contributed by atoms with Crippen molar-refractivity contribution in [3.63, 3.8) is 0 Å². The standard InChI is InChI=1S/C17H17BrN2O3S/c18-14-6-8-15(9-7-14)19-17(21)13-4-3-5-16(12-13)20-10-1-2-11-24(20,22)23/h3-9,12H,1-2,10-11H2,(H,19,21). The van der Waals surface area contributed by atoms with Crippen molar-refractivity contribution >= 4 is 43.2 Å². The Morgan fingerprint density at radius 3 is 2.54 bits per heavy atom. The van der Waals surface area contributed by atoms with Gasteiger partial charge in [0.25, 0.3) is 5.91 Å². The number of carbonyl (C=O) groups excluding carboxylic acids is 1. The maximum Gasteiger partial charge on any atom is 0.255 e. The molecule has 1 aliphatic rings. The number of halogens is 1. The highest BCUT2D eigenvalue weighted by molar-refractivity contribution is 9.10. The number of amides is 1. The zero-order valence-electron chi connectivity index (χ0n) is 12.9. The molecule has 0 atom stereocenters. The molecular weight excluding hydrogens is 392 g/mol. The Kier molecular flexibility index (Phi) is 4.91. The molecule has 1 aliphatic heterocycles. The first-order valence-corrected chi connectivity index (χ1v) is 10.0. The van der Waals surface area contributed by atoms with Gasteiger partial charge in [0.05, 0.1) is 11.4 Å². The monoisotopic (exact) mass is 408 g/mol. The van der Waals surface area contributed by atoms with Gasteiger partial charge in [-0.1, -0.05) is 22.0 Å². The Bertz CT molecular complexity index is 850. The second kappa shape index (κ2) is 6.94. The summed E-state index contributed by atoms with van der Waals surface area (Å²) in [5.74, 6) is -0.115. The molecule has 1 saturated heterocycles. The molecule has 1 amide bonds. The predicted octanol–water partition coefficient (Wildman–Crippen LogP) is 3.63. The Morgan fingerprint density at radius 2 is 1.83 bits per heavy atom. The average molecular weight is 409 g/mol. The van der Waals surface area contributed by atoms with Crippen LogP contribution in [0.5, 0.6) is 0 Å². The van der Waals surface area contributed by atoms with E-state index >= 15 is 0 Å². The Labute approximate surface area is 149 Å². The number of nitrogens with zero attached hydrogens (tertiary/aromatic N) is 1. The molecule has 7 heteroatoms. The van der Waals surface area contributed by atoms with Crippen molar-refractivity contribution in [1.82, 2.24) is 0 Å². The van der Waals surface area contributed by atoms with Crippen molar-refractivity contribution in [2.24, 2.45) is 0 Å². The number of carbonyl (C=O) groups is 1. The van der Waals surface area contributed by atoms with Gasteiger partial charge in [-0.2, -0.15) is 0 Å². The van der Waals surface area contributed by atoms with Gasteiger partial charge in [-0.3, -0.25) is 9.10 Å². The highest BCUT2D eigenvalue weighted by Crippen LogP contribution is 2.24. The van der Waals surface area contributed by atoms with E-state index in [1.807, 2.05) is 12.1 Å². The lowest BCUT2D eigenvalue weighted by Crippen LogP contribution is -2.37. The van der Waals surface area contributed by atoms with Crippen molar-refractivity contribution in [2.45, 2.75) is 12.8 Å². The van der Waals surface area contributed by atoms with Gasteiger partial charge in [-0.25, -0.2) is 8.42 Å². The first-order valence-electron chi connectivity index (χ1n) is 7.63. The van der Waals surface area contributed by atoms with Crippen LogP contribution in [0.25, 0.3) is 0 Å². The summed E-state index contributed by atoms with van der Waals surface area (Å²) in [5.41, 5.74) is 1.65. The van der Waals surface area contributed by atoms with Gasteiger partial charge in [0.1, 0.15) is 0 Å². The van der Waals surface area contributed by atoms with E-state index in [1.165, 1.54) is 4.31 Å². The van der Waals surface area contributed by atoms with E-state index in [9.17, 15) is 13.2 Å². The Morgan fingerprint density at radius 1 is 1.08 bits per heavy atom. The molecule has 0 aliphatic carbocycles. The maximum atomic E-state index is 12.4. The molecule has 2 aromatic carbocycles. The highest BCUT2D eigenvalue weighted by atomic mass is 79.9. The molecule has 1 fully saturated rings. The van der Waals surface area contributed by atoms with Crippen LogP contribution in [0.1, 0.15) is 23.2 Å². The number of nitrogens with one attached hydrogen (secondary N) is 1. The van der Waals surface area contributed by atoms with Gasteiger partial charge < -0.3 is 5.32 Å². The highest BCUT2D eigenvalue weighted by Gasteiger charge is 2.26. The van der Waals surface area contributed by atoms with Crippen LogP contribution < -0.4 is 9.62 Å². The molecule has 0 unspecified atom stereocenters. The zero-order valence-corrected chi connectivity index (χ0v) is 15.3. The number of hydrogen-bond acceptors (Lipinski definition) is 3. The topological polar surface area (TPSA) is 66.5 Å². The molecule has 1 heterocycles. The van der Waals surface area contributed by atoms with E-state index < -0.39 is 10.0 Å². The van der Waals surface area contributed by atoms with E-state index in [4.69, 9.17) is 0 Å². The minimum Gasteiger partial charge on any atom is -0.322 e. The number of sulfonamides is 1. The number of hydrogen-bond donors (Lipinski definition) is 1. The summed E-state index contributed by atoms with van der Waals surface area (Å²) < 4.78 is 26.7. The molecule has 1 N–H and O–H groups in total. The lowest BCUT2D eigenvalue weighted by Gasteiger charge is -2.28. The second-order valence-corrected chi connectivity index (χ2v) is 8.54. The van der Waals surface area contributed by atoms with Gasteiger partial charge in [0, 0.05) is 22.3 Å². The van der Waals surface area contributed by atoms with Gasteiger partial charge in [0.2, 0.25) is 10.0 Å². The lowest BCUT2D eigenvalue weighted by atomic mass is 10.1. The molecule has 0 radical (unpaired) electrons. The fourth-order valence-corrected chi connectivity index (χ4v) is 4.51. The van der Waals surface area contributed by atoms with Crippen molar-refractivity contribution < 1.29 is 13.2 Å². The first kappa shape index (κ1) is 17.0. The fraction of sp³-hybridized carbons (Fsp3) is 0.235. The van der Waals surface area contributed by atoms with E-state index in [0.29, 0.717) is 29.9 Å². The van der Waals surface area contributed by atoms with Crippen LogP contribution >= 0.6 is 15.9 Å². The molecule has 0 aromatic heterocycles. The number of rotatable bonds is 3. The van der Waals surface area contributed by atoms with Crippen LogP contribution in [-0.4, -0.2) is 26.6 Å². The zero-order chi connectivity index (χ0) is 17.2. The molecule has 3 rings (SSSR count). The number of anilines is 2. The third-order valence-electron chi connectivity index (χ3n) is 3.85. The Hall–Kier alpha value is -1.86. The summed E-state index contributed by atoms with van der Waals surface area (Å²) in [6.07, 6.45) is 1.51. The fourth-order valence-electron chi connectivity index (χ4n) is 2.62. The molecular formula is C17H17BrN2O3S. The molecule has 0 spiro atoms. The summed E-state index contributed by atoms with van der Waals surface area (Å²) >= 11 is 3.35. The second-order valence-electron chi connectivity index (χ2n) is 5.61. The van der Waals surface area contributed by atoms with E-state index in [2.05, 4.69) is 21.2 Å². The largest absolute Gasteiger partial charge is 0.322 e. The molecule has 0 saturated carbocycles. The minimum absolute atomic E-state index is 0.155. The van der Waals surface area contributed by atoms with Gasteiger partial charge in [0.15, 0.2) is 0 Å². The summed E-state index contributed by atoms with van der Waals surface area (Å²) in [4.78, 5) is 12.4. The van der Waals surface area contributed by atoms with Gasteiger partial charge in [-0.05, 0) is 55.3 Å². The molecule has 126 valence electrons. The van der Waals surface area contributed by atoms with Crippen LogP contribution in [-0.2, 0) is 10.0 Å². The molecule has 5 nitrogen and oxygen atoms in total. The third kappa shape index (κ3) is 3.79. The molecule has 24 heavy (non-hydrogen) atoms. The van der Waals surface area contributed by atoms with Crippen LogP contribution in [0.2, 0.25) is 0 Å². The van der Waals surface area contributed by atoms with Gasteiger partial charge in [-0.15, -0.1) is 0 Å². The maximum absolute atomic E-state index is 12.4. The summed E-state index contributed by atoms with van der Waals surface area (Å²) in [5, 5.41) is 2.81. The smallest absolute Gasteiger partial charge is 0.255 e. The molecule has 0 bridgehead atoms.